The molecule has 0 spiro atoms. The molecule has 2 heteroatoms. The topological polar surface area (TPSA) is 41.8 Å². The Hall–Kier alpha value is -1.02. The van der Waals surface area contributed by atoms with Gasteiger partial charge in [-0.05, 0) is 42.9 Å². The van der Waals surface area contributed by atoms with E-state index >= 15 is 0 Å². The van der Waals surface area contributed by atoms with Gasteiger partial charge in [0.05, 0.1) is 0 Å². The van der Waals surface area contributed by atoms with Gasteiger partial charge in [-0.25, -0.2) is 0 Å². The smallest absolute Gasteiger partial charge is 0.0450 e. The van der Waals surface area contributed by atoms with Crippen LogP contribution in [0, 0.1) is 12.8 Å². The monoisotopic (exact) mass is 218 g/mol. The molecule has 0 saturated carbocycles. The summed E-state index contributed by atoms with van der Waals surface area (Å²) in [6.07, 6.45) is 7.81. The van der Waals surface area contributed by atoms with Crippen molar-refractivity contribution >= 4 is 6.08 Å². The average molecular weight is 218 g/mol. The molecule has 0 saturated heterocycles. The highest BCUT2D eigenvalue weighted by molar-refractivity contribution is 5.57. The highest BCUT2D eigenvalue weighted by Gasteiger charge is 2.20. The van der Waals surface area contributed by atoms with E-state index in [0.717, 1.165) is 19.3 Å². The Morgan fingerprint density at radius 2 is 2.31 bits per heavy atom. The van der Waals surface area contributed by atoms with Crippen LogP contribution in [-0.2, 0) is 6.42 Å². The number of hydrogen-bond donors (Lipinski definition) is 2. The SMILES string of the molecule is CCCC(N)c1[nH]c2c(c1C)CC(C)C=C2. The average Bonchev–Trinajstić information content (AvgIpc) is 2.57. The second-order valence-corrected chi connectivity index (χ2v) is 4.99. The fourth-order valence-corrected chi connectivity index (χ4v) is 2.56. The Labute approximate surface area is 97.9 Å². The summed E-state index contributed by atoms with van der Waals surface area (Å²) in [7, 11) is 0. The van der Waals surface area contributed by atoms with E-state index in [1.165, 1.54) is 22.5 Å². The lowest BCUT2D eigenvalue weighted by atomic mass is 9.92. The Bertz CT molecular complexity index is 401. The molecule has 88 valence electrons. The van der Waals surface area contributed by atoms with Crippen LogP contribution in [0.15, 0.2) is 6.08 Å². The van der Waals surface area contributed by atoms with Gasteiger partial charge in [-0.1, -0.05) is 26.3 Å². The number of H-pyrrole nitrogens is 1. The molecule has 1 aliphatic carbocycles. The molecule has 2 rings (SSSR count). The number of hydrogen-bond acceptors (Lipinski definition) is 1. The molecule has 0 amide bonds. The molecule has 0 fully saturated rings. The van der Waals surface area contributed by atoms with E-state index < -0.39 is 0 Å². The first-order chi connectivity index (χ1) is 7.63. The van der Waals surface area contributed by atoms with Gasteiger partial charge in [0.25, 0.3) is 0 Å². The van der Waals surface area contributed by atoms with Gasteiger partial charge < -0.3 is 10.7 Å². The van der Waals surface area contributed by atoms with Gasteiger partial charge >= 0.3 is 0 Å². The third kappa shape index (κ3) is 1.94. The lowest BCUT2D eigenvalue weighted by Gasteiger charge is -2.13. The summed E-state index contributed by atoms with van der Waals surface area (Å²) < 4.78 is 0. The van der Waals surface area contributed by atoms with Gasteiger partial charge in [0.1, 0.15) is 0 Å². The van der Waals surface area contributed by atoms with E-state index in [2.05, 4.69) is 37.9 Å². The van der Waals surface area contributed by atoms with E-state index in [0.29, 0.717) is 5.92 Å². The number of nitrogens with one attached hydrogen (secondary N) is 1. The molecule has 1 aromatic rings. The maximum absolute atomic E-state index is 6.20. The van der Waals surface area contributed by atoms with Crippen molar-refractivity contribution < 1.29 is 0 Å². The molecule has 2 nitrogen and oxygen atoms in total. The first-order valence-electron chi connectivity index (χ1n) is 6.28. The predicted molar refractivity (Wildman–Crippen MR) is 69.3 cm³/mol. The van der Waals surface area contributed by atoms with Crippen LogP contribution in [0.25, 0.3) is 6.08 Å². The van der Waals surface area contributed by atoms with Crippen LogP contribution in [0.1, 0.15) is 55.2 Å². The molecule has 3 N–H and O–H groups in total. The van der Waals surface area contributed by atoms with Crippen molar-refractivity contribution in [1.82, 2.24) is 4.98 Å². The van der Waals surface area contributed by atoms with E-state index in [9.17, 15) is 0 Å². The third-order valence-electron chi connectivity index (χ3n) is 3.54. The Kier molecular flexibility index (Phi) is 3.20. The quantitative estimate of drug-likeness (QED) is 0.803. The second-order valence-electron chi connectivity index (χ2n) is 4.99. The standard InChI is InChI=1S/C14H22N2/c1-4-5-12(15)14-10(3)11-8-9(2)6-7-13(11)16-14/h6-7,9,12,16H,4-5,8,15H2,1-3H3. The van der Waals surface area contributed by atoms with Crippen LogP contribution < -0.4 is 5.73 Å². The molecule has 1 heterocycles. The van der Waals surface area contributed by atoms with Crippen molar-refractivity contribution in [3.05, 3.63) is 28.6 Å². The van der Waals surface area contributed by atoms with Crippen LogP contribution in [0.3, 0.4) is 0 Å². The van der Waals surface area contributed by atoms with E-state index in [1.807, 2.05) is 0 Å². The van der Waals surface area contributed by atoms with Crippen LogP contribution in [-0.4, -0.2) is 4.98 Å². The van der Waals surface area contributed by atoms with Crippen LogP contribution in [0.4, 0.5) is 0 Å². The lowest BCUT2D eigenvalue weighted by molar-refractivity contribution is 0.621. The fourth-order valence-electron chi connectivity index (χ4n) is 2.56. The van der Waals surface area contributed by atoms with E-state index in [-0.39, 0.29) is 6.04 Å². The largest absolute Gasteiger partial charge is 0.357 e. The highest BCUT2D eigenvalue weighted by atomic mass is 14.8. The molecular formula is C14H22N2. The van der Waals surface area contributed by atoms with Gasteiger partial charge in [-0.2, -0.15) is 0 Å². The zero-order valence-corrected chi connectivity index (χ0v) is 10.5. The van der Waals surface area contributed by atoms with E-state index in [1.54, 1.807) is 0 Å². The molecule has 0 bridgehead atoms. The van der Waals surface area contributed by atoms with Crippen LogP contribution >= 0.6 is 0 Å². The molecule has 2 unspecified atom stereocenters. The van der Waals surface area contributed by atoms with Crippen molar-refractivity contribution in [2.75, 3.05) is 0 Å². The summed E-state index contributed by atoms with van der Waals surface area (Å²) in [6, 6.07) is 0.166. The minimum Gasteiger partial charge on any atom is -0.357 e. The number of allylic oxidation sites excluding steroid dienone is 1. The molecular weight excluding hydrogens is 196 g/mol. The van der Waals surface area contributed by atoms with Gasteiger partial charge in [-0.3, -0.25) is 0 Å². The first-order valence-corrected chi connectivity index (χ1v) is 6.28. The van der Waals surface area contributed by atoms with Crippen molar-refractivity contribution in [3.8, 4) is 0 Å². The summed E-state index contributed by atoms with van der Waals surface area (Å²) in [5.41, 5.74) is 11.6. The van der Waals surface area contributed by atoms with Crippen LogP contribution in [0.5, 0.6) is 0 Å². The van der Waals surface area contributed by atoms with Gasteiger partial charge in [0.2, 0.25) is 0 Å². The number of fused-ring (bicyclic) bond motifs is 1. The molecule has 1 aliphatic rings. The summed E-state index contributed by atoms with van der Waals surface area (Å²) in [5, 5.41) is 0. The molecule has 16 heavy (non-hydrogen) atoms. The summed E-state index contributed by atoms with van der Waals surface area (Å²) >= 11 is 0. The zero-order chi connectivity index (χ0) is 11.7. The third-order valence-corrected chi connectivity index (χ3v) is 3.54. The van der Waals surface area contributed by atoms with Crippen molar-refractivity contribution in [2.24, 2.45) is 11.7 Å². The minimum absolute atomic E-state index is 0.166. The molecule has 0 aromatic carbocycles. The van der Waals surface area contributed by atoms with E-state index in [4.69, 9.17) is 5.73 Å². The molecule has 1 aromatic heterocycles. The van der Waals surface area contributed by atoms with Gasteiger partial charge in [0, 0.05) is 17.4 Å². The minimum atomic E-state index is 0.166. The summed E-state index contributed by atoms with van der Waals surface area (Å²) in [4.78, 5) is 3.50. The molecule has 0 aliphatic heterocycles. The predicted octanol–water partition coefficient (Wildman–Crippen LogP) is 3.33. The van der Waals surface area contributed by atoms with Gasteiger partial charge in [-0.15, -0.1) is 0 Å². The summed E-state index contributed by atoms with van der Waals surface area (Å²) in [5.74, 6) is 0.650. The zero-order valence-electron chi connectivity index (χ0n) is 10.5. The summed E-state index contributed by atoms with van der Waals surface area (Å²) in [6.45, 7) is 6.64. The van der Waals surface area contributed by atoms with Crippen molar-refractivity contribution in [3.63, 3.8) is 0 Å². The van der Waals surface area contributed by atoms with Gasteiger partial charge in [0.15, 0.2) is 0 Å². The Balaban J connectivity index is 2.33. The molecule has 0 radical (unpaired) electrons. The Morgan fingerprint density at radius 3 is 3.00 bits per heavy atom. The number of nitrogens with two attached hydrogens (primary N) is 1. The maximum Gasteiger partial charge on any atom is 0.0450 e. The van der Waals surface area contributed by atoms with Crippen LogP contribution in [0.2, 0.25) is 0 Å². The number of rotatable bonds is 3. The lowest BCUT2D eigenvalue weighted by Crippen LogP contribution is -2.11. The number of aromatic amines is 1. The fraction of sp³-hybridized carbons (Fsp3) is 0.571. The second kappa shape index (κ2) is 4.46. The maximum atomic E-state index is 6.20. The highest BCUT2D eigenvalue weighted by Crippen LogP contribution is 2.30. The molecule has 2 atom stereocenters. The first kappa shape index (κ1) is 11.5. The normalized spacial score (nSPS) is 20.9. The van der Waals surface area contributed by atoms with Crippen molar-refractivity contribution in [1.29, 1.82) is 0 Å². The number of aromatic nitrogens is 1. The van der Waals surface area contributed by atoms with Crippen molar-refractivity contribution in [2.45, 2.75) is 46.1 Å². The Morgan fingerprint density at radius 1 is 1.56 bits per heavy atom.